The van der Waals surface area contributed by atoms with E-state index < -0.39 is 10.0 Å². The van der Waals surface area contributed by atoms with Gasteiger partial charge >= 0.3 is 0 Å². The van der Waals surface area contributed by atoms with Crippen molar-refractivity contribution in [3.8, 4) is 0 Å². The van der Waals surface area contributed by atoms with Crippen LogP contribution in [0.2, 0.25) is 0 Å². The van der Waals surface area contributed by atoms with E-state index in [1.54, 1.807) is 23.1 Å². The summed E-state index contributed by atoms with van der Waals surface area (Å²) in [6.07, 6.45) is -0.387. The van der Waals surface area contributed by atoms with Gasteiger partial charge in [0, 0.05) is 31.7 Å². The van der Waals surface area contributed by atoms with Crippen molar-refractivity contribution in [2.24, 2.45) is 0 Å². The molecule has 1 aliphatic heterocycles. The molecule has 11 heteroatoms. The highest BCUT2D eigenvalue weighted by Gasteiger charge is 2.32. The third-order valence-corrected chi connectivity index (χ3v) is 9.36. The van der Waals surface area contributed by atoms with Crippen LogP contribution >= 0.6 is 11.3 Å². The molecular weight excluding hydrogens is 515 g/mol. The zero-order valence-electron chi connectivity index (χ0n) is 21.6. The second kappa shape index (κ2) is 11.5. The van der Waals surface area contributed by atoms with Crippen molar-refractivity contribution in [3.05, 3.63) is 53.8 Å². The van der Waals surface area contributed by atoms with Crippen molar-refractivity contribution in [3.63, 3.8) is 0 Å². The van der Waals surface area contributed by atoms with Gasteiger partial charge in [0.25, 0.3) is 5.91 Å². The van der Waals surface area contributed by atoms with Gasteiger partial charge in [-0.3, -0.25) is 9.69 Å². The molecule has 1 saturated heterocycles. The minimum absolute atomic E-state index is 0.135. The Morgan fingerprint density at radius 1 is 1.08 bits per heavy atom. The molecule has 0 unspecified atom stereocenters. The summed E-state index contributed by atoms with van der Waals surface area (Å²) in [5, 5.41) is 0.478. The fourth-order valence-corrected chi connectivity index (χ4v) is 7.07. The lowest BCUT2D eigenvalue weighted by molar-refractivity contribution is -0.0440. The number of aromatic nitrogens is 1. The second-order valence-electron chi connectivity index (χ2n) is 9.20. The van der Waals surface area contributed by atoms with Gasteiger partial charge in [0.05, 0.1) is 27.3 Å². The Labute approximate surface area is 221 Å². The van der Waals surface area contributed by atoms with Gasteiger partial charge in [0.15, 0.2) is 5.13 Å². The van der Waals surface area contributed by atoms with Gasteiger partial charge in [-0.1, -0.05) is 25.2 Å². The molecule has 1 amide bonds. The number of sulfonamides is 1. The van der Waals surface area contributed by atoms with Crippen LogP contribution in [0.15, 0.2) is 47.4 Å². The fourth-order valence-electron chi connectivity index (χ4n) is 4.47. The van der Waals surface area contributed by atoms with Crippen molar-refractivity contribution in [2.75, 3.05) is 44.2 Å². The minimum Gasteiger partial charge on any atom is -0.373 e. The molecule has 1 fully saturated rings. The number of benzene rings is 2. The molecule has 8 nitrogen and oxygen atoms in total. The Morgan fingerprint density at radius 3 is 2.35 bits per heavy atom. The quantitative estimate of drug-likeness (QED) is 0.398. The number of anilines is 1. The Morgan fingerprint density at radius 2 is 1.73 bits per heavy atom. The molecule has 1 aromatic heterocycles. The minimum atomic E-state index is -3.72. The van der Waals surface area contributed by atoms with Crippen LogP contribution < -0.4 is 4.90 Å². The summed E-state index contributed by atoms with van der Waals surface area (Å²) in [5.41, 5.74) is 0.977. The average Bonchev–Trinajstić information content (AvgIpc) is 3.28. The largest absolute Gasteiger partial charge is 0.373 e. The molecule has 1 aliphatic rings. The van der Waals surface area contributed by atoms with Crippen LogP contribution in [-0.4, -0.2) is 80.0 Å². The highest BCUT2D eigenvalue weighted by atomic mass is 32.2. The van der Waals surface area contributed by atoms with Gasteiger partial charge in [-0.2, -0.15) is 4.31 Å². The van der Waals surface area contributed by atoms with E-state index in [-0.39, 0.29) is 41.9 Å². The molecule has 200 valence electrons. The first-order valence-corrected chi connectivity index (χ1v) is 14.7. The van der Waals surface area contributed by atoms with Crippen molar-refractivity contribution in [1.29, 1.82) is 0 Å². The number of thiazole rings is 1. The Kier molecular flexibility index (Phi) is 8.59. The maximum Gasteiger partial charge on any atom is 0.260 e. The van der Waals surface area contributed by atoms with E-state index in [1.807, 2.05) is 13.8 Å². The molecule has 0 aliphatic carbocycles. The number of nitrogens with zero attached hydrogens (tertiary/aromatic N) is 4. The van der Waals surface area contributed by atoms with Crippen LogP contribution in [0.1, 0.15) is 38.1 Å². The zero-order chi connectivity index (χ0) is 26.7. The van der Waals surface area contributed by atoms with Crippen LogP contribution in [0, 0.1) is 5.82 Å². The molecule has 0 N–H and O–H groups in total. The maximum absolute atomic E-state index is 13.8. The van der Waals surface area contributed by atoms with Crippen LogP contribution in [-0.2, 0) is 14.8 Å². The van der Waals surface area contributed by atoms with E-state index in [2.05, 4.69) is 23.7 Å². The highest BCUT2D eigenvalue weighted by Crippen LogP contribution is 2.30. The van der Waals surface area contributed by atoms with E-state index in [0.717, 1.165) is 13.1 Å². The first kappa shape index (κ1) is 27.6. The van der Waals surface area contributed by atoms with E-state index in [0.29, 0.717) is 34.0 Å². The van der Waals surface area contributed by atoms with Crippen LogP contribution in [0.5, 0.6) is 0 Å². The molecule has 2 heterocycles. The number of fused-ring (bicyclic) bond motifs is 1. The number of hydrogen-bond donors (Lipinski definition) is 0. The Balaban J connectivity index is 1.61. The molecule has 0 bridgehead atoms. The number of morpholine rings is 1. The molecule has 3 aromatic rings. The van der Waals surface area contributed by atoms with Crippen molar-refractivity contribution >= 4 is 42.6 Å². The van der Waals surface area contributed by atoms with E-state index in [4.69, 9.17) is 4.74 Å². The molecule has 0 radical (unpaired) electrons. The summed E-state index contributed by atoms with van der Waals surface area (Å²) >= 11 is 1.26. The second-order valence-corrected chi connectivity index (χ2v) is 12.1. The zero-order valence-corrected chi connectivity index (χ0v) is 23.2. The van der Waals surface area contributed by atoms with Crippen molar-refractivity contribution < 1.29 is 22.3 Å². The van der Waals surface area contributed by atoms with Gasteiger partial charge in [-0.15, -0.1) is 0 Å². The van der Waals surface area contributed by atoms with E-state index in [1.165, 1.54) is 39.9 Å². The fraction of sp³-hybridized carbons (Fsp3) is 0.462. The topological polar surface area (TPSA) is 83.1 Å². The summed E-state index contributed by atoms with van der Waals surface area (Å²) in [6.45, 7) is 11.1. The van der Waals surface area contributed by atoms with Crippen LogP contribution in [0.3, 0.4) is 0 Å². The highest BCUT2D eigenvalue weighted by molar-refractivity contribution is 7.89. The summed E-state index contributed by atoms with van der Waals surface area (Å²) in [7, 11) is -3.72. The number of carbonyl (C=O) groups is 1. The van der Waals surface area contributed by atoms with Crippen LogP contribution in [0.4, 0.5) is 9.52 Å². The predicted molar refractivity (Wildman–Crippen MR) is 144 cm³/mol. The predicted octanol–water partition coefficient (Wildman–Crippen LogP) is 4.22. The van der Waals surface area contributed by atoms with E-state index in [9.17, 15) is 17.6 Å². The standard InChI is InChI=1S/C26H33FN4O4S2/c1-5-29(6-2)13-14-31(26-28-23-12-9-21(27)15-24(23)36-26)25(32)20-7-10-22(11-8-20)37(33,34)30-16-18(3)35-19(4)17-30/h7-12,15,18-19H,5-6,13-14,16-17H2,1-4H3/t18-,19+. The third kappa shape index (κ3) is 6.18. The number of amides is 1. The lowest BCUT2D eigenvalue weighted by Crippen LogP contribution is -2.48. The van der Waals surface area contributed by atoms with Crippen molar-refractivity contribution in [1.82, 2.24) is 14.2 Å². The molecule has 0 spiro atoms. The van der Waals surface area contributed by atoms with Crippen LogP contribution in [0.25, 0.3) is 10.2 Å². The summed E-state index contributed by atoms with van der Waals surface area (Å²) in [6, 6.07) is 10.4. The smallest absolute Gasteiger partial charge is 0.260 e. The molecule has 0 saturated carbocycles. The molecule has 2 aromatic carbocycles. The first-order chi connectivity index (χ1) is 17.6. The normalized spacial score (nSPS) is 19.0. The lowest BCUT2D eigenvalue weighted by atomic mass is 10.2. The molecule has 2 atom stereocenters. The van der Waals surface area contributed by atoms with Gasteiger partial charge < -0.3 is 9.64 Å². The van der Waals surface area contributed by atoms with Gasteiger partial charge in [-0.05, 0) is 69.4 Å². The van der Waals surface area contributed by atoms with Crippen molar-refractivity contribution in [2.45, 2.75) is 44.8 Å². The number of rotatable bonds is 9. The number of halogens is 1. The molecule has 4 rings (SSSR count). The van der Waals surface area contributed by atoms with Gasteiger partial charge in [0.1, 0.15) is 5.82 Å². The first-order valence-electron chi connectivity index (χ1n) is 12.5. The van der Waals surface area contributed by atoms with Gasteiger partial charge in [-0.25, -0.2) is 17.8 Å². The average molecular weight is 549 g/mol. The SMILES string of the molecule is CCN(CC)CCN(C(=O)c1ccc(S(=O)(=O)N2C[C@@H](C)O[C@@H](C)C2)cc1)c1nc2ccc(F)cc2s1. The summed E-state index contributed by atoms with van der Waals surface area (Å²) in [4.78, 5) is 22.2. The van der Waals surface area contributed by atoms with Gasteiger partial charge in [0.2, 0.25) is 10.0 Å². The molecular formula is C26H33FN4O4S2. The van der Waals surface area contributed by atoms with E-state index >= 15 is 0 Å². The summed E-state index contributed by atoms with van der Waals surface area (Å²) < 4.78 is 47.9. The Bertz CT molecular complexity index is 1330. The molecule has 37 heavy (non-hydrogen) atoms. The number of carbonyl (C=O) groups excluding carboxylic acids is 1. The Hall–Kier alpha value is -2.44. The summed E-state index contributed by atoms with van der Waals surface area (Å²) in [5.74, 6) is -0.645. The maximum atomic E-state index is 13.8. The monoisotopic (exact) mass is 548 g/mol. The number of hydrogen-bond acceptors (Lipinski definition) is 7. The third-order valence-electron chi connectivity index (χ3n) is 6.47. The number of ether oxygens (including phenoxy) is 1. The number of likely N-dealkylation sites (N-methyl/N-ethyl adjacent to an activating group) is 1. The lowest BCUT2D eigenvalue weighted by Gasteiger charge is -2.34.